The molecule has 0 atom stereocenters. The van der Waals surface area contributed by atoms with E-state index < -0.39 is 10.0 Å². The molecule has 168 valence electrons. The minimum Gasteiger partial charge on any atom is -0.352 e. The van der Waals surface area contributed by atoms with Crippen LogP contribution >= 0.6 is 11.6 Å². The third-order valence-electron chi connectivity index (χ3n) is 5.79. The van der Waals surface area contributed by atoms with Gasteiger partial charge in [0.25, 0.3) is 10.0 Å². The Balaban J connectivity index is 1.88. The molecule has 2 aromatic rings. The van der Waals surface area contributed by atoms with Crippen molar-refractivity contribution in [3.05, 3.63) is 58.6 Å². The number of carbonyl (C=O) groups is 1. The van der Waals surface area contributed by atoms with Crippen molar-refractivity contribution in [2.24, 2.45) is 0 Å². The number of halogens is 1. The fourth-order valence-corrected chi connectivity index (χ4v) is 5.75. The number of nitrogens with zero attached hydrogens (tertiary/aromatic N) is 1. The Morgan fingerprint density at radius 2 is 1.61 bits per heavy atom. The van der Waals surface area contributed by atoms with E-state index in [0.717, 1.165) is 31.2 Å². The molecule has 1 saturated carbocycles. The summed E-state index contributed by atoms with van der Waals surface area (Å²) in [6.45, 7) is 3.43. The van der Waals surface area contributed by atoms with Crippen LogP contribution in [0.1, 0.15) is 56.1 Å². The first-order valence-electron chi connectivity index (χ1n) is 10.9. The van der Waals surface area contributed by atoms with Crippen LogP contribution in [0.15, 0.2) is 47.4 Å². The first kappa shape index (κ1) is 23.6. The quantitative estimate of drug-likeness (QED) is 0.626. The normalized spacial score (nSPS) is 15.7. The number of carbonyl (C=O) groups excluding carboxylic acids is 1. The smallest absolute Gasteiger partial charge is 0.264 e. The van der Waals surface area contributed by atoms with E-state index in [0.29, 0.717) is 16.3 Å². The van der Waals surface area contributed by atoms with Crippen LogP contribution in [0.2, 0.25) is 5.02 Å². The van der Waals surface area contributed by atoms with Crippen LogP contribution in [0.3, 0.4) is 0 Å². The average Bonchev–Trinajstić information content (AvgIpc) is 2.69. The summed E-state index contributed by atoms with van der Waals surface area (Å²) in [5.74, 6) is -0.282. The van der Waals surface area contributed by atoms with Crippen molar-refractivity contribution in [3.8, 4) is 0 Å². The number of benzene rings is 2. The molecule has 1 amide bonds. The van der Waals surface area contributed by atoms with Crippen LogP contribution in [0.25, 0.3) is 0 Å². The van der Waals surface area contributed by atoms with Gasteiger partial charge < -0.3 is 5.32 Å². The van der Waals surface area contributed by atoms with E-state index in [9.17, 15) is 13.2 Å². The maximum atomic E-state index is 13.5. The molecule has 1 fully saturated rings. The number of hydrogen-bond donors (Lipinski definition) is 1. The van der Waals surface area contributed by atoms with Gasteiger partial charge in [0.2, 0.25) is 5.91 Å². The monoisotopic (exact) mass is 462 g/mol. The Kier molecular flexibility index (Phi) is 8.00. The molecule has 1 aliphatic carbocycles. The number of rotatable bonds is 6. The highest BCUT2D eigenvalue weighted by molar-refractivity contribution is 7.92. The zero-order valence-corrected chi connectivity index (χ0v) is 19.8. The molecule has 3 rings (SSSR count). The van der Waals surface area contributed by atoms with Crippen LogP contribution < -0.4 is 9.62 Å². The zero-order valence-electron chi connectivity index (χ0n) is 18.2. The summed E-state index contributed by atoms with van der Waals surface area (Å²) in [4.78, 5) is 13.1. The van der Waals surface area contributed by atoms with Crippen molar-refractivity contribution in [2.45, 2.75) is 69.7 Å². The van der Waals surface area contributed by atoms with Crippen molar-refractivity contribution in [2.75, 3.05) is 10.8 Å². The van der Waals surface area contributed by atoms with E-state index in [1.165, 1.54) is 23.6 Å². The SMILES string of the molecule is Cc1ccc(S(=O)(=O)N(CC(=O)NC2CCCCCCC2)c2ccc(Cl)cc2C)cc1. The summed E-state index contributed by atoms with van der Waals surface area (Å²) >= 11 is 6.09. The number of amides is 1. The molecule has 7 heteroatoms. The predicted molar refractivity (Wildman–Crippen MR) is 126 cm³/mol. The van der Waals surface area contributed by atoms with Crippen LogP contribution in [-0.4, -0.2) is 26.9 Å². The molecule has 0 saturated heterocycles. The molecule has 0 aromatic heterocycles. The molecule has 0 bridgehead atoms. The van der Waals surface area contributed by atoms with Gasteiger partial charge in [-0.1, -0.05) is 61.4 Å². The average molecular weight is 463 g/mol. The highest BCUT2D eigenvalue weighted by atomic mass is 35.5. The Labute approximate surface area is 190 Å². The fourth-order valence-electron chi connectivity index (χ4n) is 4.04. The highest BCUT2D eigenvalue weighted by Crippen LogP contribution is 2.29. The molecule has 0 aliphatic heterocycles. The van der Waals surface area contributed by atoms with Gasteiger partial charge in [0, 0.05) is 11.1 Å². The van der Waals surface area contributed by atoms with E-state index in [4.69, 9.17) is 11.6 Å². The summed E-state index contributed by atoms with van der Waals surface area (Å²) < 4.78 is 28.2. The molecular weight excluding hydrogens is 432 g/mol. The van der Waals surface area contributed by atoms with E-state index in [-0.39, 0.29) is 23.4 Å². The number of nitrogens with one attached hydrogen (secondary N) is 1. The lowest BCUT2D eigenvalue weighted by Crippen LogP contribution is -2.44. The third-order valence-corrected chi connectivity index (χ3v) is 7.80. The van der Waals surface area contributed by atoms with E-state index in [1.807, 2.05) is 6.92 Å². The molecule has 0 heterocycles. The minimum absolute atomic E-state index is 0.100. The zero-order chi connectivity index (χ0) is 22.4. The second-order valence-corrected chi connectivity index (χ2v) is 10.7. The molecule has 0 unspecified atom stereocenters. The predicted octanol–water partition coefficient (Wildman–Crippen LogP) is 5.38. The van der Waals surface area contributed by atoms with Gasteiger partial charge in [-0.3, -0.25) is 9.10 Å². The van der Waals surface area contributed by atoms with Crippen molar-refractivity contribution in [1.29, 1.82) is 0 Å². The van der Waals surface area contributed by atoms with Gasteiger partial charge in [-0.15, -0.1) is 0 Å². The molecule has 0 spiro atoms. The van der Waals surface area contributed by atoms with Gasteiger partial charge >= 0.3 is 0 Å². The summed E-state index contributed by atoms with van der Waals surface area (Å²) in [6.07, 6.45) is 7.68. The second-order valence-electron chi connectivity index (χ2n) is 8.37. The first-order valence-corrected chi connectivity index (χ1v) is 12.7. The van der Waals surface area contributed by atoms with E-state index in [2.05, 4.69) is 5.32 Å². The maximum absolute atomic E-state index is 13.5. The van der Waals surface area contributed by atoms with E-state index >= 15 is 0 Å². The lowest BCUT2D eigenvalue weighted by Gasteiger charge is -2.27. The summed E-state index contributed by atoms with van der Waals surface area (Å²) in [5, 5.41) is 3.60. The molecular formula is C24H31ClN2O3S. The highest BCUT2D eigenvalue weighted by Gasteiger charge is 2.29. The summed E-state index contributed by atoms with van der Waals surface area (Å²) in [6, 6.07) is 11.8. The Hall–Kier alpha value is -2.05. The standard InChI is InChI=1S/C24H31ClN2O3S/c1-18-10-13-22(14-11-18)31(29,30)27(23-15-12-20(25)16-19(23)2)17-24(28)26-21-8-6-4-3-5-7-9-21/h10-16,21H,3-9,17H2,1-2H3,(H,26,28). The van der Waals surface area contributed by atoms with Gasteiger partial charge in [-0.05, 0) is 62.6 Å². The largest absolute Gasteiger partial charge is 0.352 e. The molecule has 5 nitrogen and oxygen atoms in total. The van der Waals surface area contributed by atoms with Crippen molar-refractivity contribution in [3.63, 3.8) is 0 Å². The number of aryl methyl sites for hydroxylation is 2. The van der Waals surface area contributed by atoms with Crippen LogP contribution in [0.5, 0.6) is 0 Å². The molecule has 0 radical (unpaired) electrons. The van der Waals surface area contributed by atoms with Gasteiger partial charge in [0.05, 0.1) is 10.6 Å². The molecule has 1 aliphatic rings. The second kappa shape index (κ2) is 10.5. The van der Waals surface area contributed by atoms with E-state index in [1.54, 1.807) is 49.4 Å². The van der Waals surface area contributed by atoms with Gasteiger partial charge in [-0.25, -0.2) is 8.42 Å². The van der Waals surface area contributed by atoms with Gasteiger partial charge in [0.15, 0.2) is 0 Å². The first-order chi connectivity index (χ1) is 14.8. The fraction of sp³-hybridized carbons (Fsp3) is 0.458. The Morgan fingerprint density at radius 1 is 1.00 bits per heavy atom. The third kappa shape index (κ3) is 6.23. The van der Waals surface area contributed by atoms with Crippen molar-refractivity contribution < 1.29 is 13.2 Å². The molecule has 2 aromatic carbocycles. The Bertz CT molecular complexity index is 998. The number of hydrogen-bond acceptors (Lipinski definition) is 3. The molecule has 31 heavy (non-hydrogen) atoms. The maximum Gasteiger partial charge on any atom is 0.264 e. The minimum atomic E-state index is -3.93. The van der Waals surface area contributed by atoms with Crippen molar-refractivity contribution in [1.82, 2.24) is 5.32 Å². The number of sulfonamides is 1. The van der Waals surface area contributed by atoms with Crippen LogP contribution in [0.4, 0.5) is 5.69 Å². The summed E-state index contributed by atoms with van der Waals surface area (Å²) in [5.41, 5.74) is 2.12. The number of anilines is 1. The summed E-state index contributed by atoms with van der Waals surface area (Å²) in [7, 11) is -3.93. The van der Waals surface area contributed by atoms with Crippen LogP contribution in [-0.2, 0) is 14.8 Å². The van der Waals surface area contributed by atoms with Gasteiger partial charge in [0.1, 0.15) is 6.54 Å². The Morgan fingerprint density at radius 3 is 2.23 bits per heavy atom. The topological polar surface area (TPSA) is 66.5 Å². The lowest BCUT2D eigenvalue weighted by molar-refractivity contribution is -0.120. The lowest BCUT2D eigenvalue weighted by atomic mass is 9.97. The molecule has 1 N–H and O–H groups in total. The van der Waals surface area contributed by atoms with Crippen molar-refractivity contribution >= 4 is 33.2 Å². The van der Waals surface area contributed by atoms with Gasteiger partial charge in [-0.2, -0.15) is 0 Å². The van der Waals surface area contributed by atoms with Crippen LogP contribution in [0, 0.1) is 13.8 Å².